The minimum Gasteiger partial charge on any atom is -0.493 e. The summed E-state index contributed by atoms with van der Waals surface area (Å²) in [4.78, 5) is 23.2. The molecule has 0 atom stereocenters. The monoisotopic (exact) mass is 378 g/mol. The van der Waals surface area contributed by atoms with Crippen LogP contribution in [0.2, 0.25) is 0 Å². The van der Waals surface area contributed by atoms with E-state index in [0.717, 1.165) is 3.57 Å². The standard InChI is InChI=1S/C13H15IO5/c1-4-19-12(16)7-10(15)8-5-9(14)13(18-3)11(6-8)17-2/h5-6H,4,7H2,1-3H3. The van der Waals surface area contributed by atoms with E-state index in [2.05, 4.69) is 0 Å². The van der Waals surface area contributed by atoms with Gasteiger partial charge in [0.15, 0.2) is 17.3 Å². The molecule has 0 fully saturated rings. The third-order valence-electron chi connectivity index (χ3n) is 2.37. The van der Waals surface area contributed by atoms with Crippen molar-refractivity contribution in [3.63, 3.8) is 0 Å². The summed E-state index contributed by atoms with van der Waals surface area (Å²) in [7, 11) is 3.02. The smallest absolute Gasteiger partial charge is 0.313 e. The Hall–Kier alpha value is -1.31. The van der Waals surface area contributed by atoms with Crippen molar-refractivity contribution < 1.29 is 23.8 Å². The highest BCUT2D eigenvalue weighted by atomic mass is 127. The van der Waals surface area contributed by atoms with Crippen molar-refractivity contribution in [3.8, 4) is 11.5 Å². The van der Waals surface area contributed by atoms with E-state index < -0.39 is 5.97 Å². The average molecular weight is 378 g/mol. The van der Waals surface area contributed by atoms with Crippen LogP contribution in [0.25, 0.3) is 0 Å². The van der Waals surface area contributed by atoms with Crippen molar-refractivity contribution in [2.45, 2.75) is 13.3 Å². The Labute approximate surface area is 125 Å². The van der Waals surface area contributed by atoms with E-state index in [9.17, 15) is 9.59 Å². The summed E-state index contributed by atoms with van der Waals surface area (Å²) in [5.41, 5.74) is 0.398. The Bertz CT molecular complexity index is 484. The van der Waals surface area contributed by atoms with Gasteiger partial charge in [-0.1, -0.05) is 0 Å². The average Bonchev–Trinajstić information content (AvgIpc) is 2.37. The summed E-state index contributed by atoms with van der Waals surface area (Å²) in [5.74, 6) is 0.187. The Morgan fingerprint density at radius 3 is 2.42 bits per heavy atom. The first-order valence-corrected chi connectivity index (χ1v) is 6.71. The summed E-state index contributed by atoms with van der Waals surface area (Å²) in [6.07, 6.45) is -0.278. The second-order valence-electron chi connectivity index (χ2n) is 3.60. The molecule has 0 heterocycles. The predicted octanol–water partition coefficient (Wildman–Crippen LogP) is 2.44. The Morgan fingerprint density at radius 2 is 1.89 bits per heavy atom. The molecule has 0 saturated heterocycles. The highest BCUT2D eigenvalue weighted by Gasteiger charge is 2.17. The van der Waals surface area contributed by atoms with Gasteiger partial charge in [-0.15, -0.1) is 0 Å². The largest absolute Gasteiger partial charge is 0.493 e. The van der Waals surface area contributed by atoms with Crippen molar-refractivity contribution in [1.82, 2.24) is 0 Å². The molecular weight excluding hydrogens is 363 g/mol. The zero-order valence-corrected chi connectivity index (χ0v) is 13.1. The molecule has 0 radical (unpaired) electrons. The number of Topliss-reactive ketones (excluding diaryl/α,β-unsaturated/α-hetero) is 1. The first kappa shape index (κ1) is 15.7. The summed E-state index contributed by atoms with van der Waals surface area (Å²) in [5, 5.41) is 0. The number of ether oxygens (including phenoxy) is 3. The van der Waals surface area contributed by atoms with Crippen LogP contribution in [0, 0.1) is 3.57 Å². The van der Waals surface area contributed by atoms with Gasteiger partial charge < -0.3 is 14.2 Å². The summed E-state index contributed by atoms with van der Waals surface area (Å²) < 4.78 is 15.8. The van der Waals surface area contributed by atoms with Gasteiger partial charge in [0.1, 0.15) is 6.42 Å². The number of hydrogen-bond donors (Lipinski definition) is 0. The quantitative estimate of drug-likeness (QED) is 0.329. The number of carbonyl (C=O) groups is 2. The van der Waals surface area contributed by atoms with E-state index in [4.69, 9.17) is 14.2 Å². The number of benzene rings is 1. The molecule has 1 aromatic rings. The lowest BCUT2D eigenvalue weighted by molar-refractivity contribution is -0.141. The van der Waals surface area contributed by atoms with Crippen molar-refractivity contribution in [2.24, 2.45) is 0 Å². The van der Waals surface area contributed by atoms with Crippen LogP contribution in [0.5, 0.6) is 11.5 Å². The third kappa shape index (κ3) is 4.09. The molecule has 0 unspecified atom stereocenters. The summed E-state index contributed by atoms with van der Waals surface area (Å²) in [6, 6.07) is 3.21. The van der Waals surface area contributed by atoms with Crippen LogP contribution < -0.4 is 9.47 Å². The fourth-order valence-corrected chi connectivity index (χ4v) is 2.35. The lowest BCUT2D eigenvalue weighted by Crippen LogP contribution is -2.12. The second-order valence-corrected chi connectivity index (χ2v) is 4.76. The highest BCUT2D eigenvalue weighted by Crippen LogP contribution is 2.33. The van der Waals surface area contributed by atoms with E-state index >= 15 is 0 Å². The third-order valence-corrected chi connectivity index (χ3v) is 3.17. The van der Waals surface area contributed by atoms with Crippen LogP contribution >= 0.6 is 22.6 Å². The Morgan fingerprint density at radius 1 is 1.21 bits per heavy atom. The number of hydrogen-bond acceptors (Lipinski definition) is 5. The first-order valence-electron chi connectivity index (χ1n) is 5.63. The van der Waals surface area contributed by atoms with Crippen LogP contribution in [0.15, 0.2) is 12.1 Å². The van der Waals surface area contributed by atoms with Crippen molar-refractivity contribution in [1.29, 1.82) is 0 Å². The molecule has 104 valence electrons. The van der Waals surface area contributed by atoms with Crippen molar-refractivity contribution >= 4 is 34.3 Å². The fourth-order valence-electron chi connectivity index (χ4n) is 1.52. The molecule has 0 aliphatic rings. The van der Waals surface area contributed by atoms with E-state index in [1.807, 2.05) is 22.6 Å². The maximum Gasteiger partial charge on any atom is 0.313 e. The fraction of sp³-hybridized carbons (Fsp3) is 0.385. The summed E-state index contributed by atoms with van der Waals surface area (Å²) in [6.45, 7) is 1.96. The number of ketones is 1. The van der Waals surface area contributed by atoms with Gasteiger partial charge in [0, 0.05) is 5.56 Å². The van der Waals surface area contributed by atoms with Gasteiger partial charge in [-0.3, -0.25) is 9.59 Å². The normalized spacial score (nSPS) is 9.89. The molecule has 5 nitrogen and oxygen atoms in total. The molecule has 0 saturated carbocycles. The zero-order chi connectivity index (χ0) is 14.4. The SMILES string of the molecule is CCOC(=O)CC(=O)c1cc(I)c(OC)c(OC)c1. The van der Waals surface area contributed by atoms with Gasteiger partial charge in [0.05, 0.1) is 24.4 Å². The lowest BCUT2D eigenvalue weighted by atomic mass is 10.1. The summed E-state index contributed by atoms with van der Waals surface area (Å²) >= 11 is 2.05. The number of esters is 1. The number of carbonyl (C=O) groups excluding carboxylic acids is 2. The van der Waals surface area contributed by atoms with Crippen molar-refractivity contribution in [2.75, 3.05) is 20.8 Å². The van der Waals surface area contributed by atoms with E-state index in [-0.39, 0.29) is 18.8 Å². The van der Waals surface area contributed by atoms with Gasteiger partial charge in [-0.25, -0.2) is 0 Å². The van der Waals surface area contributed by atoms with Crippen LogP contribution in [-0.4, -0.2) is 32.6 Å². The van der Waals surface area contributed by atoms with Crippen LogP contribution in [0.4, 0.5) is 0 Å². The maximum absolute atomic E-state index is 11.9. The number of rotatable bonds is 6. The predicted molar refractivity (Wildman–Crippen MR) is 77.8 cm³/mol. The van der Waals surface area contributed by atoms with Gasteiger partial charge in [-0.05, 0) is 41.6 Å². The Balaban J connectivity index is 2.98. The Kier molecular flexibility index (Phi) is 6.07. The molecular formula is C13H15IO5. The van der Waals surface area contributed by atoms with Crippen LogP contribution in [0.1, 0.15) is 23.7 Å². The van der Waals surface area contributed by atoms with Gasteiger partial charge in [0.2, 0.25) is 0 Å². The van der Waals surface area contributed by atoms with Gasteiger partial charge in [0.25, 0.3) is 0 Å². The molecule has 0 bridgehead atoms. The zero-order valence-electron chi connectivity index (χ0n) is 11.0. The number of methoxy groups -OCH3 is 2. The molecule has 0 spiro atoms. The molecule has 0 aliphatic carbocycles. The van der Waals surface area contributed by atoms with Crippen LogP contribution in [-0.2, 0) is 9.53 Å². The number of halogens is 1. The minimum atomic E-state index is -0.530. The van der Waals surface area contributed by atoms with Gasteiger partial charge in [-0.2, -0.15) is 0 Å². The maximum atomic E-state index is 11.9. The lowest BCUT2D eigenvalue weighted by Gasteiger charge is -2.11. The highest BCUT2D eigenvalue weighted by molar-refractivity contribution is 14.1. The molecule has 0 aromatic heterocycles. The molecule has 1 rings (SSSR count). The first-order chi connectivity index (χ1) is 9.03. The van der Waals surface area contributed by atoms with E-state index in [1.165, 1.54) is 14.2 Å². The molecule has 0 aliphatic heterocycles. The van der Waals surface area contributed by atoms with Crippen LogP contribution in [0.3, 0.4) is 0 Å². The minimum absolute atomic E-state index is 0.260. The molecule has 1 aromatic carbocycles. The van der Waals surface area contributed by atoms with Crippen molar-refractivity contribution in [3.05, 3.63) is 21.3 Å². The van der Waals surface area contributed by atoms with E-state index in [1.54, 1.807) is 19.1 Å². The van der Waals surface area contributed by atoms with Gasteiger partial charge >= 0.3 is 5.97 Å². The second kappa shape index (κ2) is 7.32. The molecule has 0 N–H and O–H groups in total. The molecule has 6 heteroatoms. The van der Waals surface area contributed by atoms with E-state index in [0.29, 0.717) is 17.1 Å². The topological polar surface area (TPSA) is 61.8 Å². The molecule has 19 heavy (non-hydrogen) atoms. The molecule has 0 amide bonds.